The van der Waals surface area contributed by atoms with Gasteiger partial charge in [-0.25, -0.2) is 4.79 Å². The summed E-state index contributed by atoms with van der Waals surface area (Å²) in [5, 5.41) is 4.21. The number of ether oxygens (including phenoxy) is 2. The Labute approximate surface area is 165 Å². The number of carbonyl (C=O) groups is 1. The zero-order valence-corrected chi connectivity index (χ0v) is 16.4. The Kier molecular flexibility index (Phi) is 7.02. The molecule has 0 fully saturated rings. The van der Waals surface area contributed by atoms with Crippen molar-refractivity contribution in [2.45, 2.75) is 20.8 Å². The van der Waals surface area contributed by atoms with Crippen molar-refractivity contribution in [2.75, 3.05) is 18.5 Å². The van der Waals surface area contributed by atoms with Gasteiger partial charge in [0.1, 0.15) is 16.8 Å². The number of aromatic nitrogens is 1. The molecule has 3 aromatic rings. The number of nitrogens with zero attached hydrogens (tertiary/aromatic N) is 1. The third-order valence-corrected chi connectivity index (χ3v) is 4.06. The molecular weight excluding hydrogens is 364 g/mol. The molecule has 0 saturated heterocycles. The highest BCUT2D eigenvalue weighted by Crippen LogP contribution is 2.34. The smallest absolute Gasteiger partial charge is 0.341 e. The predicted molar refractivity (Wildman–Crippen MR) is 111 cm³/mol. The van der Waals surface area contributed by atoms with Gasteiger partial charge in [0.2, 0.25) is 0 Å². The van der Waals surface area contributed by atoms with Gasteiger partial charge in [0.25, 0.3) is 0 Å². The molecule has 0 bridgehead atoms. The Hall–Kier alpha value is -2.79. The lowest BCUT2D eigenvalue weighted by Crippen LogP contribution is -2.10. The summed E-state index contributed by atoms with van der Waals surface area (Å²) in [6.07, 6.45) is 1.55. The molecule has 27 heavy (non-hydrogen) atoms. The number of carbonyl (C=O) groups excluding carboxylic acids is 1. The van der Waals surface area contributed by atoms with E-state index in [0.717, 1.165) is 16.6 Å². The lowest BCUT2D eigenvalue weighted by atomic mass is 10.1. The number of halogens is 1. The normalized spacial score (nSPS) is 10.2. The van der Waals surface area contributed by atoms with Crippen LogP contribution in [0.5, 0.6) is 5.75 Å². The van der Waals surface area contributed by atoms with E-state index in [1.165, 1.54) is 0 Å². The van der Waals surface area contributed by atoms with Crippen LogP contribution in [0.25, 0.3) is 10.9 Å². The largest absolute Gasteiger partial charge is 0.492 e. The van der Waals surface area contributed by atoms with Crippen molar-refractivity contribution in [2.24, 2.45) is 0 Å². The van der Waals surface area contributed by atoms with Gasteiger partial charge in [-0.3, -0.25) is 4.98 Å². The molecule has 2 aromatic carbocycles. The second kappa shape index (κ2) is 9.24. The molecular formula is C21H23ClN2O3. The standard InChI is InChI=1S/C21H22N2O3.ClH/c1-4-25-18-12-8-10-15-19(23-17-11-7-6-9-14(17)3)16(13-22-20(15)18)21(24)26-5-2;/h6-13H,4-5H2,1-3H3,(H,22,23);1H. The zero-order valence-electron chi connectivity index (χ0n) is 15.6. The fourth-order valence-electron chi connectivity index (χ4n) is 2.81. The fourth-order valence-corrected chi connectivity index (χ4v) is 2.81. The first-order valence-electron chi connectivity index (χ1n) is 8.70. The number of fused-ring (bicyclic) bond motifs is 1. The summed E-state index contributed by atoms with van der Waals surface area (Å²) >= 11 is 0. The van der Waals surface area contributed by atoms with E-state index in [9.17, 15) is 4.79 Å². The van der Waals surface area contributed by atoms with Gasteiger partial charge in [0.05, 0.1) is 18.9 Å². The molecule has 0 aliphatic rings. The van der Waals surface area contributed by atoms with Crippen LogP contribution in [0.4, 0.5) is 11.4 Å². The Morgan fingerprint density at radius 3 is 2.56 bits per heavy atom. The molecule has 0 amide bonds. The van der Waals surface area contributed by atoms with Gasteiger partial charge in [-0.05, 0) is 38.5 Å². The SMILES string of the molecule is CCOC(=O)c1cnc2c(OCC)cccc2c1Nc1ccccc1C.Cl. The number of aryl methyl sites for hydroxylation is 1. The molecule has 0 spiro atoms. The number of anilines is 2. The van der Waals surface area contributed by atoms with Crippen molar-refractivity contribution in [1.82, 2.24) is 4.98 Å². The van der Waals surface area contributed by atoms with Crippen LogP contribution in [-0.4, -0.2) is 24.2 Å². The summed E-state index contributed by atoms with van der Waals surface area (Å²) in [5.41, 5.74) is 3.78. The van der Waals surface area contributed by atoms with Gasteiger partial charge < -0.3 is 14.8 Å². The van der Waals surface area contributed by atoms with Crippen LogP contribution < -0.4 is 10.1 Å². The summed E-state index contributed by atoms with van der Waals surface area (Å²) in [4.78, 5) is 16.9. The molecule has 0 unspecified atom stereocenters. The number of hydrogen-bond donors (Lipinski definition) is 1. The highest BCUT2D eigenvalue weighted by molar-refractivity contribution is 6.07. The third kappa shape index (κ3) is 4.31. The summed E-state index contributed by atoms with van der Waals surface area (Å²) in [5.74, 6) is 0.285. The molecule has 1 aromatic heterocycles. The monoisotopic (exact) mass is 386 g/mol. The minimum Gasteiger partial charge on any atom is -0.492 e. The van der Waals surface area contributed by atoms with Crippen molar-refractivity contribution >= 4 is 40.7 Å². The lowest BCUT2D eigenvalue weighted by Gasteiger charge is -2.16. The van der Waals surface area contributed by atoms with E-state index in [0.29, 0.717) is 35.7 Å². The van der Waals surface area contributed by atoms with E-state index >= 15 is 0 Å². The maximum atomic E-state index is 12.5. The van der Waals surface area contributed by atoms with Crippen molar-refractivity contribution in [3.05, 3.63) is 59.8 Å². The molecule has 142 valence electrons. The number of benzene rings is 2. The van der Waals surface area contributed by atoms with Gasteiger partial charge in [-0.1, -0.05) is 30.3 Å². The number of pyridine rings is 1. The van der Waals surface area contributed by atoms with E-state index in [4.69, 9.17) is 9.47 Å². The van der Waals surface area contributed by atoms with Gasteiger partial charge in [0, 0.05) is 17.3 Å². The molecule has 1 heterocycles. The Balaban J connectivity index is 0.00000261. The highest BCUT2D eigenvalue weighted by atomic mass is 35.5. The van der Waals surface area contributed by atoms with Gasteiger partial charge in [0.15, 0.2) is 0 Å². The fraction of sp³-hybridized carbons (Fsp3) is 0.238. The first kappa shape index (κ1) is 20.5. The van der Waals surface area contributed by atoms with Crippen LogP contribution in [0, 0.1) is 6.92 Å². The Bertz CT molecular complexity index is 944. The molecule has 0 aliphatic carbocycles. The minimum absolute atomic E-state index is 0. The lowest BCUT2D eigenvalue weighted by molar-refractivity contribution is 0.0527. The number of rotatable bonds is 6. The number of nitrogens with one attached hydrogen (secondary N) is 1. The molecule has 0 atom stereocenters. The Morgan fingerprint density at radius 2 is 1.85 bits per heavy atom. The van der Waals surface area contributed by atoms with Crippen LogP contribution >= 0.6 is 12.4 Å². The molecule has 0 aliphatic heterocycles. The van der Waals surface area contributed by atoms with Gasteiger partial charge in [-0.2, -0.15) is 0 Å². The van der Waals surface area contributed by atoms with Crippen molar-refractivity contribution in [1.29, 1.82) is 0 Å². The highest BCUT2D eigenvalue weighted by Gasteiger charge is 2.19. The van der Waals surface area contributed by atoms with Crippen LogP contribution in [0.1, 0.15) is 29.8 Å². The topological polar surface area (TPSA) is 60.5 Å². The first-order valence-corrected chi connectivity index (χ1v) is 8.70. The summed E-state index contributed by atoms with van der Waals surface area (Å²) in [6.45, 7) is 6.58. The van der Waals surface area contributed by atoms with Crippen LogP contribution in [0.3, 0.4) is 0 Å². The maximum absolute atomic E-state index is 12.5. The minimum atomic E-state index is -0.403. The third-order valence-electron chi connectivity index (χ3n) is 4.06. The van der Waals surface area contributed by atoms with Crippen LogP contribution in [0.2, 0.25) is 0 Å². The molecule has 0 radical (unpaired) electrons. The van der Waals surface area contributed by atoms with Crippen LogP contribution in [0.15, 0.2) is 48.7 Å². The van der Waals surface area contributed by atoms with E-state index in [1.54, 1.807) is 13.1 Å². The van der Waals surface area contributed by atoms with E-state index in [1.807, 2.05) is 56.3 Å². The number of para-hydroxylation sites is 2. The summed E-state index contributed by atoms with van der Waals surface area (Å²) < 4.78 is 10.9. The summed E-state index contributed by atoms with van der Waals surface area (Å²) in [7, 11) is 0. The molecule has 1 N–H and O–H groups in total. The van der Waals surface area contributed by atoms with E-state index in [-0.39, 0.29) is 12.4 Å². The maximum Gasteiger partial charge on any atom is 0.341 e. The van der Waals surface area contributed by atoms with Gasteiger partial charge >= 0.3 is 5.97 Å². The predicted octanol–water partition coefficient (Wildman–Crippen LogP) is 5.28. The molecule has 3 rings (SSSR count). The van der Waals surface area contributed by atoms with Crippen molar-refractivity contribution in [3.63, 3.8) is 0 Å². The van der Waals surface area contributed by atoms with Crippen molar-refractivity contribution < 1.29 is 14.3 Å². The molecule has 0 saturated carbocycles. The molecule has 6 heteroatoms. The average molecular weight is 387 g/mol. The Morgan fingerprint density at radius 1 is 1.07 bits per heavy atom. The van der Waals surface area contributed by atoms with Gasteiger partial charge in [-0.15, -0.1) is 12.4 Å². The first-order chi connectivity index (χ1) is 12.7. The van der Waals surface area contributed by atoms with Crippen LogP contribution in [-0.2, 0) is 4.74 Å². The van der Waals surface area contributed by atoms with Crippen molar-refractivity contribution in [3.8, 4) is 5.75 Å². The average Bonchev–Trinajstić information content (AvgIpc) is 2.64. The number of hydrogen-bond acceptors (Lipinski definition) is 5. The quantitative estimate of drug-likeness (QED) is 0.583. The second-order valence-corrected chi connectivity index (χ2v) is 5.79. The molecule has 5 nitrogen and oxygen atoms in total. The second-order valence-electron chi connectivity index (χ2n) is 5.79. The van der Waals surface area contributed by atoms with E-state index < -0.39 is 5.97 Å². The summed E-state index contributed by atoms with van der Waals surface area (Å²) in [6, 6.07) is 13.6. The van der Waals surface area contributed by atoms with E-state index in [2.05, 4.69) is 10.3 Å². The zero-order chi connectivity index (χ0) is 18.5. The number of esters is 1.